The zero-order valence-corrected chi connectivity index (χ0v) is 34.6. The number of benzene rings is 3. The molecule has 318 valence electrons. The number of halogens is 2. The van der Waals surface area contributed by atoms with Crippen molar-refractivity contribution in [2.45, 2.75) is 39.2 Å². The monoisotopic (exact) mass is 860 g/mol. The number of amides is 6. The summed E-state index contributed by atoms with van der Waals surface area (Å²) in [6, 6.07) is 19.2. The Labute approximate surface area is 359 Å². The molecule has 2 aliphatic heterocycles. The van der Waals surface area contributed by atoms with Crippen molar-refractivity contribution in [3.05, 3.63) is 123 Å². The van der Waals surface area contributed by atoms with Gasteiger partial charge in [-0.3, -0.25) is 29.4 Å². The number of urea groups is 1. The van der Waals surface area contributed by atoms with Gasteiger partial charge in [0, 0.05) is 74.7 Å². The Bertz CT molecular complexity index is 2810. The van der Waals surface area contributed by atoms with E-state index in [0.29, 0.717) is 61.4 Å². The van der Waals surface area contributed by atoms with Crippen LogP contribution in [0.2, 0.25) is 5.02 Å². The molecule has 0 atom stereocenters. The van der Waals surface area contributed by atoms with Crippen LogP contribution in [0.3, 0.4) is 0 Å². The van der Waals surface area contributed by atoms with Gasteiger partial charge in [-0.25, -0.2) is 28.2 Å². The number of likely N-dealkylation sites (tertiary alicyclic amines) is 1. The van der Waals surface area contributed by atoms with Crippen LogP contribution in [0.1, 0.15) is 63.8 Å². The van der Waals surface area contributed by atoms with Crippen LogP contribution >= 0.6 is 11.6 Å². The molecule has 6 amide bonds. The highest BCUT2D eigenvalue weighted by molar-refractivity contribution is 6.34. The molecule has 3 N–H and O–H groups in total. The van der Waals surface area contributed by atoms with Crippen molar-refractivity contribution in [2.75, 3.05) is 36.4 Å². The van der Waals surface area contributed by atoms with Crippen LogP contribution in [0.15, 0.2) is 90.1 Å². The van der Waals surface area contributed by atoms with E-state index in [4.69, 9.17) is 11.6 Å². The molecule has 2 aliphatic rings. The molecule has 62 heavy (non-hydrogen) atoms. The molecule has 0 spiro atoms. The van der Waals surface area contributed by atoms with Crippen LogP contribution in [0.4, 0.5) is 20.6 Å². The number of piperidine rings is 1. The van der Waals surface area contributed by atoms with E-state index in [0.717, 1.165) is 22.7 Å². The van der Waals surface area contributed by atoms with E-state index in [-0.39, 0.29) is 64.9 Å². The molecular weight excluding hydrogens is 819 g/mol. The molecule has 2 saturated heterocycles. The van der Waals surface area contributed by atoms with Crippen LogP contribution in [0.5, 0.6) is 0 Å². The van der Waals surface area contributed by atoms with Gasteiger partial charge in [0.25, 0.3) is 17.7 Å². The smallest absolute Gasteiger partial charge is 0.350 e. The van der Waals surface area contributed by atoms with Gasteiger partial charge < -0.3 is 20.1 Å². The van der Waals surface area contributed by atoms with Gasteiger partial charge in [-0.05, 0) is 98.3 Å². The van der Waals surface area contributed by atoms with Crippen molar-refractivity contribution in [2.24, 2.45) is 13.0 Å². The Balaban J connectivity index is 0.872. The maximum atomic E-state index is 15.0. The Hall–Kier alpha value is -7.14. The third-order valence-electron chi connectivity index (χ3n) is 11.4. The van der Waals surface area contributed by atoms with E-state index in [1.54, 1.807) is 36.3 Å². The van der Waals surface area contributed by atoms with Crippen LogP contribution < -0.4 is 26.5 Å². The molecule has 3 aromatic carbocycles. The number of hydrogen-bond donors (Lipinski definition) is 3. The van der Waals surface area contributed by atoms with Crippen molar-refractivity contribution in [1.29, 1.82) is 0 Å². The quantitative estimate of drug-likeness (QED) is 0.147. The number of carbonyl (C=O) groups excluding carboxylic acids is 5. The predicted octanol–water partition coefficient (Wildman–Crippen LogP) is 5.77. The molecule has 0 saturated carbocycles. The number of aromatic nitrogens is 5. The molecule has 0 bridgehead atoms. The first-order valence-electron chi connectivity index (χ1n) is 20.2. The molecule has 5 heterocycles. The van der Waals surface area contributed by atoms with Gasteiger partial charge in [-0.15, -0.1) is 0 Å². The first kappa shape index (κ1) is 41.6. The summed E-state index contributed by atoms with van der Waals surface area (Å²) in [6.07, 6.45) is 5.13. The number of nitrogens with zero attached hydrogens (tertiary/aromatic N) is 7. The number of hydrogen-bond acceptors (Lipinski definition) is 8. The molecule has 0 unspecified atom stereocenters. The number of imide groups is 1. The van der Waals surface area contributed by atoms with Crippen molar-refractivity contribution in [3.63, 3.8) is 0 Å². The number of carbonyl (C=O) groups is 5. The standard InChI is InChI=1S/C44H42ClFN10O6/c1-3-54-35(27-4-8-31(9-5-27)56-25-49-52(2)44(56)62)22-28-13-18-47-38(39(28)54)41(59)50-30-7-11-34(46)32(24-30)40(58)48-17-12-26-14-19-53(20-15-26)42(60)29-6-10-33(45)36(23-29)55-21-16-37(57)51-43(55)61/h4-11,13,18,22-26H,3,12,14-17,19-21H2,1-2H3,(H,48,58)(H,50,59)(H,51,57,61). The van der Waals surface area contributed by atoms with Gasteiger partial charge in [0.1, 0.15) is 12.1 Å². The van der Waals surface area contributed by atoms with Crippen molar-refractivity contribution >= 4 is 63.5 Å². The molecule has 0 aliphatic carbocycles. The minimum absolute atomic E-state index is 0.125. The lowest BCUT2D eigenvalue weighted by atomic mass is 9.93. The minimum Gasteiger partial charge on any atom is -0.352 e. The maximum absolute atomic E-state index is 15.0. The number of pyridine rings is 1. The highest BCUT2D eigenvalue weighted by Crippen LogP contribution is 2.32. The molecule has 2 fully saturated rings. The van der Waals surface area contributed by atoms with E-state index in [1.165, 1.54) is 32.6 Å². The molecule has 8 rings (SSSR count). The SMILES string of the molecule is CCn1c(-c2ccc(-n3cnn(C)c3=O)cc2)cc2ccnc(C(=O)Nc3ccc(F)c(C(=O)NCCC4CCN(C(=O)c5ccc(Cl)c(N6CCC(=O)NC6=O)c5)CC4)c3)c21. The minimum atomic E-state index is -0.740. The zero-order valence-electron chi connectivity index (χ0n) is 33.9. The lowest BCUT2D eigenvalue weighted by Gasteiger charge is -2.32. The van der Waals surface area contributed by atoms with Gasteiger partial charge in [0.05, 0.1) is 27.5 Å². The highest BCUT2D eigenvalue weighted by Gasteiger charge is 2.29. The number of nitrogens with one attached hydrogen (secondary N) is 3. The summed E-state index contributed by atoms with van der Waals surface area (Å²) in [7, 11) is 1.58. The Morgan fingerprint density at radius 1 is 0.935 bits per heavy atom. The first-order valence-corrected chi connectivity index (χ1v) is 20.6. The summed E-state index contributed by atoms with van der Waals surface area (Å²) in [5.41, 5.74) is 3.58. The maximum Gasteiger partial charge on any atom is 0.350 e. The number of fused-ring (bicyclic) bond motifs is 1. The topological polar surface area (TPSA) is 186 Å². The second kappa shape index (κ2) is 17.5. The van der Waals surface area contributed by atoms with Crippen LogP contribution in [0.25, 0.3) is 27.8 Å². The van der Waals surface area contributed by atoms with Gasteiger partial charge in [0.15, 0.2) is 5.69 Å². The Morgan fingerprint density at radius 2 is 1.71 bits per heavy atom. The number of rotatable bonds is 11. The summed E-state index contributed by atoms with van der Waals surface area (Å²) in [5.74, 6) is -2.26. The largest absolute Gasteiger partial charge is 0.352 e. The van der Waals surface area contributed by atoms with Crippen molar-refractivity contribution in [1.82, 2.24) is 39.4 Å². The van der Waals surface area contributed by atoms with Crippen LogP contribution in [-0.4, -0.2) is 84.6 Å². The van der Waals surface area contributed by atoms with Gasteiger partial charge in [-0.2, -0.15) is 5.10 Å². The fourth-order valence-electron chi connectivity index (χ4n) is 8.01. The Morgan fingerprint density at radius 3 is 2.42 bits per heavy atom. The van der Waals surface area contributed by atoms with E-state index >= 15 is 4.39 Å². The van der Waals surface area contributed by atoms with E-state index in [9.17, 15) is 28.8 Å². The Kier molecular flexibility index (Phi) is 11.7. The molecule has 0 radical (unpaired) electrons. The third kappa shape index (κ3) is 8.30. The lowest BCUT2D eigenvalue weighted by molar-refractivity contribution is -0.120. The molecule has 18 heteroatoms. The summed E-state index contributed by atoms with van der Waals surface area (Å²) in [6.45, 7) is 3.88. The third-order valence-corrected chi connectivity index (χ3v) is 11.7. The van der Waals surface area contributed by atoms with Crippen molar-refractivity contribution < 1.29 is 28.4 Å². The van der Waals surface area contributed by atoms with E-state index < -0.39 is 23.7 Å². The average Bonchev–Trinajstić information content (AvgIpc) is 3.83. The van der Waals surface area contributed by atoms with Gasteiger partial charge in [-0.1, -0.05) is 23.7 Å². The van der Waals surface area contributed by atoms with E-state index in [2.05, 4.69) is 26.0 Å². The van der Waals surface area contributed by atoms with Crippen LogP contribution in [0, 0.1) is 11.7 Å². The first-order chi connectivity index (χ1) is 29.9. The fraction of sp³-hybridized carbons (Fsp3) is 0.273. The number of aryl methyl sites for hydroxylation is 2. The normalized spacial score (nSPS) is 14.6. The lowest BCUT2D eigenvalue weighted by Crippen LogP contribution is -2.49. The molecule has 6 aromatic rings. The average molecular weight is 861 g/mol. The second-order valence-electron chi connectivity index (χ2n) is 15.2. The summed E-state index contributed by atoms with van der Waals surface area (Å²) in [4.78, 5) is 84.3. The van der Waals surface area contributed by atoms with Gasteiger partial charge in [0.2, 0.25) is 5.91 Å². The van der Waals surface area contributed by atoms with E-state index in [1.807, 2.05) is 47.9 Å². The summed E-state index contributed by atoms with van der Waals surface area (Å²) >= 11 is 6.36. The number of anilines is 2. The molecule has 3 aromatic heterocycles. The van der Waals surface area contributed by atoms with Gasteiger partial charge >= 0.3 is 11.7 Å². The van der Waals surface area contributed by atoms with Crippen LogP contribution in [-0.2, 0) is 18.4 Å². The highest BCUT2D eigenvalue weighted by atomic mass is 35.5. The summed E-state index contributed by atoms with van der Waals surface area (Å²) in [5, 5.41) is 12.9. The second-order valence-corrected chi connectivity index (χ2v) is 15.6. The fourth-order valence-corrected chi connectivity index (χ4v) is 8.23. The zero-order chi connectivity index (χ0) is 43.7. The molecule has 16 nitrogen and oxygen atoms in total. The van der Waals surface area contributed by atoms with Crippen molar-refractivity contribution in [3.8, 4) is 16.9 Å². The summed E-state index contributed by atoms with van der Waals surface area (Å²) < 4.78 is 19.7. The molecular formula is C44H42ClFN10O6. The predicted molar refractivity (Wildman–Crippen MR) is 230 cm³/mol.